The quantitative estimate of drug-likeness (QED) is 0.455. The molecule has 2 fully saturated rings. The number of hydrogen-bond acceptors (Lipinski definition) is 3. The maximum atomic E-state index is 12.6. The van der Waals surface area contributed by atoms with Crippen molar-refractivity contribution >= 4 is 21.9 Å². The number of alkyl halides is 1. The van der Waals surface area contributed by atoms with Crippen molar-refractivity contribution in [2.75, 3.05) is 12.4 Å². The lowest BCUT2D eigenvalue weighted by Gasteiger charge is -2.61. The first kappa shape index (κ1) is 17.5. The van der Waals surface area contributed by atoms with Gasteiger partial charge in [0.05, 0.1) is 18.1 Å². The summed E-state index contributed by atoms with van der Waals surface area (Å²) < 4.78 is 5.19. The van der Waals surface area contributed by atoms with Crippen molar-refractivity contribution in [3.8, 4) is 0 Å². The Hall–Kier alpha value is -0.350. The summed E-state index contributed by atoms with van der Waals surface area (Å²) in [5.41, 5.74) is -1.57. The third kappa shape index (κ3) is 1.72. The Bertz CT molecular complexity index is 581. The molecule has 1 N–H and O–H groups in total. The molecular formula is C19H29BrO3. The monoisotopic (exact) mass is 384 g/mol. The highest BCUT2D eigenvalue weighted by Gasteiger charge is 2.82. The van der Waals surface area contributed by atoms with Crippen LogP contribution >= 0.6 is 15.9 Å². The molecule has 2 saturated carbocycles. The highest BCUT2D eigenvalue weighted by atomic mass is 79.9. The number of rotatable bonds is 3. The lowest BCUT2D eigenvalue weighted by molar-refractivity contribution is -0.161. The fourth-order valence-electron chi connectivity index (χ4n) is 6.26. The van der Waals surface area contributed by atoms with Crippen LogP contribution < -0.4 is 0 Å². The van der Waals surface area contributed by atoms with Gasteiger partial charge in [0.2, 0.25) is 0 Å². The van der Waals surface area contributed by atoms with E-state index in [2.05, 4.69) is 55.8 Å². The van der Waals surface area contributed by atoms with Crippen molar-refractivity contribution in [1.29, 1.82) is 0 Å². The topological polar surface area (TPSA) is 46.5 Å². The molecule has 6 atom stereocenters. The molecule has 0 spiro atoms. The number of fused-ring (bicyclic) bond motifs is 3. The summed E-state index contributed by atoms with van der Waals surface area (Å²) >= 11 is 3.47. The zero-order valence-corrected chi connectivity index (χ0v) is 16.7. The third-order valence-electron chi connectivity index (χ3n) is 8.14. The normalized spacial score (nSPS) is 49.0. The van der Waals surface area contributed by atoms with E-state index in [1.54, 1.807) is 0 Å². The minimum atomic E-state index is -0.810. The molecule has 3 rings (SSSR count). The maximum absolute atomic E-state index is 12.6. The van der Waals surface area contributed by atoms with Gasteiger partial charge in [-0.25, -0.2) is 0 Å². The number of esters is 1. The lowest BCUT2D eigenvalue weighted by Crippen LogP contribution is -2.59. The first-order valence-corrected chi connectivity index (χ1v) is 9.63. The molecular weight excluding hydrogens is 356 g/mol. The average molecular weight is 385 g/mol. The second-order valence-corrected chi connectivity index (χ2v) is 9.71. The molecule has 3 aliphatic rings. The van der Waals surface area contributed by atoms with Crippen LogP contribution in [0.1, 0.15) is 47.5 Å². The van der Waals surface area contributed by atoms with E-state index in [9.17, 15) is 9.90 Å². The molecule has 0 saturated heterocycles. The van der Waals surface area contributed by atoms with E-state index in [1.165, 1.54) is 7.11 Å². The minimum absolute atomic E-state index is 0.0413. The van der Waals surface area contributed by atoms with Gasteiger partial charge in [0.25, 0.3) is 0 Å². The van der Waals surface area contributed by atoms with Gasteiger partial charge in [-0.05, 0) is 36.5 Å². The van der Waals surface area contributed by atoms with E-state index in [0.717, 1.165) is 12.8 Å². The number of allylic oxidation sites excluding steroid dienone is 1. The van der Waals surface area contributed by atoms with Crippen molar-refractivity contribution in [2.45, 2.75) is 53.1 Å². The van der Waals surface area contributed by atoms with Gasteiger partial charge in [-0.1, -0.05) is 55.8 Å². The average Bonchev–Trinajstić information content (AvgIpc) is 3.14. The summed E-state index contributed by atoms with van der Waals surface area (Å²) in [6.07, 6.45) is 6.34. The molecule has 0 bridgehead atoms. The molecule has 0 aromatic rings. The largest absolute Gasteiger partial charge is 0.469 e. The van der Waals surface area contributed by atoms with E-state index in [1.807, 2.05) is 6.92 Å². The number of aliphatic hydroxyl groups is 1. The Labute approximate surface area is 148 Å². The van der Waals surface area contributed by atoms with Gasteiger partial charge in [0.1, 0.15) is 0 Å². The fraction of sp³-hybridized carbons (Fsp3) is 0.842. The number of carbonyl (C=O) groups excluding carboxylic acids is 1. The summed E-state index contributed by atoms with van der Waals surface area (Å²) in [7, 11) is 1.50. The van der Waals surface area contributed by atoms with E-state index in [-0.39, 0.29) is 33.5 Å². The van der Waals surface area contributed by atoms with Crippen LogP contribution in [-0.4, -0.2) is 29.1 Å². The standard InChI is InChI=1S/C19H29BrO3/c1-15(2)13(16(3,22)11-20)7-8-17(4)18(15,5)9-12-10-19(12,17)14(21)23-6/h7-8,12-13,22H,9-11H2,1-6H3/t12-,13?,16?,17?,18?,19+/m0/s1. The van der Waals surface area contributed by atoms with Crippen molar-refractivity contribution in [1.82, 2.24) is 0 Å². The second-order valence-electron chi connectivity index (χ2n) is 9.15. The Morgan fingerprint density at radius 1 is 1.35 bits per heavy atom. The smallest absolute Gasteiger partial charge is 0.312 e. The van der Waals surface area contributed by atoms with E-state index in [4.69, 9.17) is 4.74 Å². The minimum Gasteiger partial charge on any atom is -0.469 e. The number of hydrogen-bond donors (Lipinski definition) is 1. The molecule has 0 aliphatic heterocycles. The second kappa shape index (κ2) is 4.63. The van der Waals surface area contributed by atoms with Crippen LogP contribution in [0.4, 0.5) is 0 Å². The van der Waals surface area contributed by atoms with Crippen molar-refractivity contribution in [3.05, 3.63) is 12.2 Å². The van der Waals surface area contributed by atoms with E-state index >= 15 is 0 Å². The van der Waals surface area contributed by atoms with Crippen LogP contribution in [0.5, 0.6) is 0 Å². The van der Waals surface area contributed by atoms with E-state index < -0.39 is 5.60 Å². The molecule has 0 radical (unpaired) electrons. The zero-order valence-electron chi connectivity index (χ0n) is 15.1. The van der Waals surface area contributed by atoms with E-state index in [0.29, 0.717) is 11.2 Å². The highest BCUT2D eigenvalue weighted by molar-refractivity contribution is 9.09. The molecule has 4 heteroatoms. The summed E-state index contributed by atoms with van der Waals surface area (Å²) in [5, 5.41) is 11.4. The van der Waals surface area contributed by atoms with Crippen LogP contribution in [0.25, 0.3) is 0 Å². The highest BCUT2D eigenvalue weighted by Crippen LogP contribution is 2.84. The number of methoxy groups -OCH3 is 1. The molecule has 3 nitrogen and oxygen atoms in total. The van der Waals surface area contributed by atoms with Crippen LogP contribution in [0.3, 0.4) is 0 Å². The number of halogens is 1. The zero-order chi connectivity index (χ0) is 17.5. The predicted molar refractivity (Wildman–Crippen MR) is 94.2 cm³/mol. The summed E-state index contributed by atoms with van der Waals surface area (Å²) in [5.74, 6) is 0.390. The molecule has 0 aromatic heterocycles. The molecule has 23 heavy (non-hydrogen) atoms. The molecule has 0 aromatic carbocycles. The Morgan fingerprint density at radius 2 is 1.96 bits per heavy atom. The molecule has 0 amide bonds. The maximum Gasteiger partial charge on any atom is 0.312 e. The van der Waals surface area contributed by atoms with Crippen molar-refractivity contribution in [3.63, 3.8) is 0 Å². The lowest BCUT2D eigenvalue weighted by atomic mass is 9.43. The number of ether oxygens (including phenoxy) is 1. The first-order chi connectivity index (χ1) is 10.4. The van der Waals surface area contributed by atoms with Gasteiger partial charge >= 0.3 is 5.97 Å². The molecule has 3 aliphatic carbocycles. The van der Waals surface area contributed by atoms with Crippen molar-refractivity contribution < 1.29 is 14.6 Å². The van der Waals surface area contributed by atoms with Crippen LogP contribution in [0.15, 0.2) is 12.2 Å². The molecule has 0 heterocycles. The van der Waals surface area contributed by atoms with Gasteiger partial charge in [-0.15, -0.1) is 0 Å². The summed E-state index contributed by atoms with van der Waals surface area (Å²) in [4.78, 5) is 12.6. The van der Waals surface area contributed by atoms with Gasteiger partial charge in [-0.3, -0.25) is 4.79 Å². The Balaban J connectivity index is 2.14. The van der Waals surface area contributed by atoms with Gasteiger partial charge in [0, 0.05) is 16.7 Å². The molecule has 4 unspecified atom stereocenters. The van der Waals surface area contributed by atoms with Gasteiger partial charge in [-0.2, -0.15) is 0 Å². The predicted octanol–water partition coefficient (Wildman–Crippen LogP) is 3.94. The number of carbonyl (C=O) groups is 1. The SMILES string of the molecule is COC(=O)[C@@]12C[C@@H]1CC1(C)C(C)(C)C(C(C)(O)CBr)C=CC12C. The fourth-order valence-corrected chi connectivity index (χ4v) is 6.61. The van der Waals surface area contributed by atoms with Crippen LogP contribution in [-0.2, 0) is 9.53 Å². The summed E-state index contributed by atoms with van der Waals surface area (Å²) in [6.45, 7) is 11.0. The first-order valence-electron chi connectivity index (χ1n) is 8.51. The third-order valence-corrected chi connectivity index (χ3v) is 9.28. The Kier molecular flexibility index (Phi) is 3.52. The van der Waals surface area contributed by atoms with Gasteiger partial charge in [0.15, 0.2) is 0 Å². The Morgan fingerprint density at radius 3 is 2.48 bits per heavy atom. The van der Waals surface area contributed by atoms with Crippen molar-refractivity contribution in [2.24, 2.45) is 33.5 Å². The van der Waals surface area contributed by atoms with Gasteiger partial charge < -0.3 is 9.84 Å². The molecule has 130 valence electrons. The van der Waals surface area contributed by atoms with Crippen LogP contribution in [0, 0.1) is 33.5 Å². The summed E-state index contributed by atoms with van der Waals surface area (Å²) in [6, 6.07) is 0. The van der Waals surface area contributed by atoms with Crippen LogP contribution in [0.2, 0.25) is 0 Å².